The summed E-state index contributed by atoms with van der Waals surface area (Å²) in [5.41, 5.74) is 0. The molecule has 0 spiro atoms. The van der Waals surface area contributed by atoms with E-state index in [1.54, 1.807) is 0 Å². The summed E-state index contributed by atoms with van der Waals surface area (Å²) in [6, 6.07) is 0. The van der Waals surface area contributed by atoms with Crippen molar-refractivity contribution in [1.29, 1.82) is 0 Å². The van der Waals surface area contributed by atoms with E-state index in [9.17, 15) is 0 Å². The predicted octanol–water partition coefficient (Wildman–Crippen LogP) is -3.98. The van der Waals surface area contributed by atoms with E-state index in [1.807, 2.05) is 0 Å². The maximum atomic E-state index is 9.11. The van der Waals surface area contributed by atoms with Crippen molar-refractivity contribution >= 4 is 40.5 Å². The van der Waals surface area contributed by atoms with Crippen LogP contribution >= 0.6 is 0 Å². The van der Waals surface area contributed by atoms with Gasteiger partial charge in [-0.1, -0.05) is 0 Å². The molecule has 6 nitrogen and oxygen atoms in total. The molecule has 0 bridgehead atoms. The first kappa shape index (κ1) is 18.4. The van der Waals surface area contributed by atoms with E-state index in [2.05, 4.69) is 22.4 Å². The van der Waals surface area contributed by atoms with Crippen LogP contribution in [-0.2, 0) is 40.5 Å². The van der Waals surface area contributed by atoms with Crippen molar-refractivity contribution in [2.24, 2.45) is 0 Å². The average molecular weight is 250 g/mol. The van der Waals surface area contributed by atoms with E-state index in [0.29, 0.717) is 0 Å². The van der Waals surface area contributed by atoms with Crippen LogP contribution < -0.4 is 29.6 Å². The zero-order valence-electron chi connectivity index (χ0n) is 5.20. The monoisotopic (exact) mass is 250 g/mol. The van der Waals surface area contributed by atoms with E-state index in [1.165, 1.54) is 0 Å². The van der Waals surface area contributed by atoms with Gasteiger partial charge in [-0.3, -0.25) is 9.11 Å². The fourth-order valence-corrected chi connectivity index (χ4v) is 0. The molecule has 0 amide bonds. The minimum atomic E-state index is -4.08. The van der Waals surface area contributed by atoms with Crippen molar-refractivity contribution in [3.8, 4) is 0 Å². The van der Waals surface area contributed by atoms with E-state index >= 15 is 0 Å². The van der Waals surface area contributed by atoms with Crippen LogP contribution in [0.4, 0.5) is 0 Å². The van der Waals surface area contributed by atoms with E-state index < -0.39 is 18.1 Å². The van der Waals surface area contributed by atoms with Crippen molar-refractivity contribution in [3.05, 3.63) is 0 Å². The molecule has 0 aliphatic heterocycles. The summed E-state index contributed by atoms with van der Waals surface area (Å²) < 4.78 is 49.3. The van der Waals surface area contributed by atoms with Gasteiger partial charge in [-0.15, -0.1) is 0 Å². The summed E-state index contributed by atoms with van der Waals surface area (Å²) in [5.74, 6) is 0. The second kappa shape index (κ2) is 7.03. The van der Waals surface area contributed by atoms with Gasteiger partial charge in [-0.05, 0) is 11.2 Å². The van der Waals surface area contributed by atoms with Crippen molar-refractivity contribution < 1.29 is 56.2 Å². The first-order valence-electron chi connectivity index (χ1n) is 1.38. The second-order valence-corrected chi connectivity index (χ2v) is 5.19. The second-order valence-electron chi connectivity index (χ2n) is 0.876. The Hall–Kier alpha value is 1.58. The zero-order chi connectivity index (χ0) is 9.00. The number of hydrogen-bond acceptors (Lipinski definition) is 5. The van der Waals surface area contributed by atoms with Crippen LogP contribution in [0.25, 0.3) is 0 Å². The van der Waals surface area contributed by atoms with Gasteiger partial charge < -0.3 is 9.11 Å². The van der Waals surface area contributed by atoms with Gasteiger partial charge in [0, 0.05) is 11.2 Å². The Morgan fingerprint density at radius 1 is 1.09 bits per heavy atom. The molecule has 0 radical (unpaired) electrons. The molecule has 0 fully saturated rings. The topological polar surface area (TPSA) is 118 Å². The molecule has 0 aromatic heterocycles. The van der Waals surface area contributed by atoms with Gasteiger partial charge in [0.05, 0.1) is 9.05 Å². The molecule has 1 unspecified atom stereocenters. The Morgan fingerprint density at radius 3 is 1.09 bits per heavy atom. The maximum Gasteiger partial charge on any atom is 1.00 e. The van der Waals surface area contributed by atoms with Gasteiger partial charge in [0.25, 0.3) is 9.05 Å². The quantitative estimate of drug-likeness (QED) is 0.372. The van der Waals surface area contributed by atoms with Crippen LogP contribution in [-0.4, -0.2) is 26.6 Å². The van der Waals surface area contributed by atoms with Crippen LogP contribution in [0, 0.1) is 0 Å². The van der Waals surface area contributed by atoms with E-state index in [0.717, 1.165) is 0 Å². The Bertz CT molecular complexity index is 211. The van der Waals surface area contributed by atoms with Crippen LogP contribution in [0.5, 0.6) is 0 Å². The van der Waals surface area contributed by atoms with Gasteiger partial charge >= 0.3 is 29.6 Å². The SMILES string of the molecule is O=S(O)(O)=S.O=S([O-])(O)=S.[Na+]. The normalized spacial score (nSPS) is 14.9. The summed E-state index contributed by atoms with van der Waals surface area (Å²) in [6.07, 6.45) is 0. The van der Waals surface area contributed by atoms with E-state index in [-0.39, 0.29) is 29.6 Å². The molecule has 11 heteroatoms. The van der Waals surface area contributed by atoms with Crippen molar-refractivity contribution in [2.45, 2.75) is 0 Å². The van der Waals surface area contributed by atoms with Gasteiger partial charge in [-0.2, -0.15) is 4.21 Å². The Balaban J connectivity index is -0.000000107. The number of rotatable bonds is 0. The molecule has 1 atom stereocenters. The summed E-state index contributed by atoms with van der Waals surface area (Å²) >= 11 is 6.82. The van der Waals surface area contributed by atoms with Crippen LogP contribution in [0.2, 0.25) is 0 Å². The average Bonchev–Trinajstić information content (AvgIpc) is 1.12. The first-order chi connectivity index (χ1) is 4.00. The van der Waals surface area contributed by atoms with Crippen molar-refractivity contribution in [2.75, 3.05) is 0 Å². The summed E-state index contributed by atoms with van der Waals surface area (Å²) in [5, 5.41) is 0. The van der Waals surface area contributed by atoms with E-state index in [4.69, 9.17) is 26.6 Å². The summed E-state index contributed by atoms with van der Waals surface area (Å²) in [6.45, 7) is 0. The van der Waals surface area contributed by atoms with Crippen LogP contribution in [0.3, 0.4) is 0 Å². The minimum Gasteiger partial charge on any atom is -0.748 e. The molecule has 0 rings (SSSR count). The van der Waals surface area contributed by atoms with Crippen molar-refractivity contribution in [3.63, 3.8) is 0 Å². The Kier molecular flexibility index (Phi) is 11.7. The maximum absolute atomic E-state index is 9.11. The smallest absolute Gasteiger partial charge is 0.748 e. The molecule has 0 heterocycles. The van der Waals surface area contributed by atoms with Gasteiger partial charge in [0.2, 0.25) is 0 Å². The predicted molar refractivity (Wildman–Crippen MR) is 39.7 cm³/mol. The van der Waals surface area contributed by atoms with Crippen molar-refractivity contribution in [1.82, 2.24) is 0 Å². The minimum absolute atomic E-state index is 0. The molecule has 0 saturated heterocycles. The fourth-order valence-electron chi connectivity index (χ4n) is 0. The van der Waals surface area contributed by atoms with Gasteiger partial charge in [-0.25, -0.2) is 4.21 Å². The molecule has 0 aromatic rings. The third-order valence-electron chi connectivity index (χ3n) is 0. The van der Waals surface area contributed by atoms with Crippen LogP contribution in [0.1, 0.15) is 0 Å². The third kappa shape index (κ3) is 426. The fraction of sp³-hybridized carbons (Fsp3) is 0. The number of hydrogen-bond donors (Lipinski definition) is 3. The molecule has 64 valence electrons. The standard InChI is InChI=1S/Na.2H2O3S2/c;2*1-5(2,3)4/h;2*(H2,1,2,3,4)/q+1;;/p-1. The Morgan fingerprint density at radius 2 is 1.09 bits per heavy atom. The molecule has 3 N–H and O–H groups in total. The summed E-state index contributed by atoms with van der Waals surface area (Å²) in [7, 11) is -7.92. The molecule has 0 aliphatic rings. The van der Waals surface area contributed by atoms with Gasteiger partial charge in [0.1, 0.15) is 0 Å². The van der Waals surface area contributed by atoms with Gasteiger partial charge in [0.15, 0.2) is 0 Å². The largest absolute Gasteiger partial charge is 1.00 e. The molecule has 0 aromatic carbocycles. The molecule has 0 aliphatic carbocycles. The molecule has 0 saturated carbocycles. The Labute approximate surface area is 95.7 Å². The first-order valence-corrected chi connectivity index (χ1v) is 6.14. The molecule has 11 heavy (non-hydrogen) atoms. The molecular formula is H3NaO6S4. The zero-order valence-corrected chi connectivity index (χ0v) is 10.5. The third-order valence-corrected chi connectivity index (χ3v) is 0. The molecular weight excluding hydrogens is 247 g/mol. The summed E-state index contributed by atoms with van der Waals surface area (Å²) in [4.78, 5) is 0. The van der Waals surface area contributed by atoms with Crippen LogP contribution in [0.15, 0.2) is 0 Å².